The van der Waals surface area contributed by atoms with E-state index >= 15 is 0 Å². The van der Waals surface area contributed by atoms with Gasteiger partial charge in [-0.3, -0.25) is 9.59 Å². The average molecular weight is 234 g/mol. The number of primary amides is 1. The summed E-state index contributed by atoms with van der Waals surface area (Å²) >= 11 is 1.56. The molecule has 0 radical (unpaired) electrons. The first-order valence-electron chi connectivity index (χ1n) is 4.86. The van der Waals surface area contributed by atoms with Crippen LogP contribution in [0.1, 0.15) is 19.8 Å². The van der Waals surface area contributed by atoms with Gasteiger partial charge in [-0.15, -0.1) is 0 Å². The van der Waals surface area contributed by atoms with Crippen LogP contribution in [-0.4, -0.2) is 36.0 Å². The summed E-state index contributed by atoms with van der Waals surface area (Å²) in [6, 6.07) is -0.564. The van der Waals surface area contributed by atoms with Gasteiger partial charge in [-0.05, 0) is 19.1 Å². The van der Waals surface area contributed by atoms with Gasteiger partial charge in [-0.1, -0.05) is 0 Å². The van der Waals surface area contributed by atoms with Crippen LogP contribution in [0.4, 0.5) is 0 Å². The first-order valence-corrected chi connectivity index (χ1v) is 6.01. The van der Waals surface area contributed by atoms with Gasteiger partial charge in [0.15, 0.2) is 0 Å². The van der Waals surface area contributed by atoms with Gasteiger partial charge in [-0.2, -0.15) is 11.8 Å². The standard InChI is InChI=1S/C9H18N2O3S/c1-2-14-9(13)7(10)3-5-15-6-4-8(11)12/h7H,2-6,10H2,1H3,(H2,11,12). The lowest BCUT2D eigenvalue weighted by molar-refractivity contribution is -0.144. The fourth-order valence-corrected chi connectivity index (χ4v) is 1.82. The number of carbonyl (C=O) groups excluding carboxylic acids is 2. The summed E-state index contributed by atoms with van der Waals surface area (Å²) < 4.78 is 4.75. The van der Waals surface area contributed by atoms with Gasteiger partial charge >= 0.3 is 5.97 Å². The Kier molecular flexibility index (Phi) is 8.12. The molecule has 1 atom stereocenters. The van der Waals surface area contributed by atoms with E-state index in [0.29, 0.717) is 25.2 Å². The number of hydrogen-bond acceptors (Lipinski definition) is 5. The topological polar surface area (TPSA) is 95.4 Å². The second-order valence-corrected chi connectivity index (χ2v) is 4.20. The lowest BCUT2D eigenvalue weighted by Crippen LogP contribution is -2.32. The van der Waals surface area contributed by atoms with E-state index in [1.807, 2.05) is 0 Å². The van der Waals surface area contributed by atoms with Crippen LogP contribution in [0.3, 0.4) is 0 Å². The predicted molar refractivity (Wildman–Crippen MR) is 60.4 cm³/mol. The normalized spacial score (nSPS) is 12.1. The molecule has 1 unspecified atom stereocenters. The van der Waals surface area contributed by atoms with Gasteiger partial charge in [-0.25, -0.2) is 0 Å². The quantitative estimate of drug-likeness (QED) is 0.451. The largest absolute Gasteiger partial charge is 0.465 e. The molecular weight excluding hydrogens is 216 g/mol. The molecule has 0 aromatic heterocycles. The summed E-state index contributed by atoms with van der Waals surface area (Å²) in [4.78, 5) is 21.5. The maximum absolute atomic E-state index is 11.1. The first kappa shape index (κ1) is 14.2. The minimum absolute atomic E-state index is 0.308. The summed E-state index contributed by atoms with van der Waals surface area (Å²) in [6.45, 7) is 2.09. The molecule has 0 bridgehead atoms. The van der Waals surface area contributed by atoms with Gasteiger partial charge in [0.1, 0.15) is 6.04 Å². The molecule has 88 valence electrons. The summed E-state index contributed by atoms with van der Waals surface area (Å²) in [5.74, 6) is 0.725. The fourth-order valence-electron chi connectivity index (χ4n) is 0.852. The molecule has 15 heavy (non-hydrogen) atoms. The van der Waals surface area contributed by atoms with E-state index in [0.717, 1.165) is 5.75 Å². The van der Waals surface area contributed by atoms with Crippen LogP contribution in [0.15, 0.2) is 0 Å². The van der Waals surface area contributed by atoms with Crippen LogP contribution in [-0.2, 0) is 14.3 Å². The number of carbonyl (C=O) groups is 2. The van der Waals surface area contributed by atoms with Crippen LogP contribution >= 0.6 is 11.8 Å². The molecule has 0 aromatic carbocycles. The molecule has 0 aliphatic rings. The molecule has 0 spiro atoms. The van der Waals surface area contributed by atoms with Crippen LogP contribution in [0.5, 0.6) is 0 Å². The number of hydrogen-bond donors (Lipinski definition) is 2. The maximum atomic E-state index is 11.1. The van der Waals surface area contributed by atoms with Crippen LogP contribution in [0.2, 0.25) is 0 Å². The molecular formula is C9H18N2O3S. The Balaban J connectivity index is 3.42. The zero-order chi connectivity index (χ0) is 11.7. The van der Waals surface area contributed by atoms with Gasteiger partial charge in [0.25, 0.3) is 0 Å². The molecule has 0 aliphatic heterocycles. The highest BCUT2D eigenvalue weighted by Gasteiger charge is 2.13. The highest BCUT2D eigenvalue weighted by atomic mass is 32.2. The third kappa shape index (κ3) is 8.26. The Labute approximate surface area is 93.9 Å². The summed E-state index contributed by atoms with van der Waals surface area (Å²) in [6.07, 6.45) is 0.918. The number of nitrogens with two attached hydrogens (primary N) is 2. The van der Waals surface area contributed by atoms with E-state index in [1.54, 1.807) is 18.7 Å². The van der Waals surface area contributed by atoms with E-state index in [1.165, 1.54) is 0 Å². The molecule has 0 saturated carbocycles. The van der Waals surface area contributed by atoms with Crippen LogP contribution in [0.25, 0.3) is 0 Å². The molecule has 1 amide bonds. The van der Waals surface area contributed by atoms with E-state index in [-0.39, 0.29) is 11.9 Å². The molecule has 0 fully saturated rings. The van der Waals surface area contributed by atoms with Crippen molar-refractivity contribution in [2.75, 3.05) is 18.1 Å². The van der Waals surface area contributed by atoms with E-state index in [4.69, 9.17) is 16.2 Å². The average Bonchev–Trinajstić information content (AvgIpc) is 2.16. The number of thioether (sulfide) groups is 1. The zero-order valence-electron chi connectivity index (χ0n) is 8.90. The molecule has 5 nitrogen and oxygen atoms in total. The molecule has 0 rings (SSSR count). The number of ether oxygens (including phenoxy) is 1. The van der Waals surface area contributed by atoms with Gasteiger partial charge < -0.3 is 16.2 Å². The van der Waals surface area contributed by atoms with E-state index < -0.39 is 6.04 Å². The van der Waals surface area contributed by atoms with Crippen molar-refractivity contribution < 1.29 is 14.3 Å². The van der Waals surface area contributed by atoms with Crippen molar-refractivity contribution in [3.05, 3.63) is 0 Å². The van der Waals surface area contributed by atoms with Crippen molar-refractivity contribution in [2.45, 2.75) is 25.8 Å². The Bertz CT molecular complexity index is 212. The Morgan fingerprint density at radius 3 is 2.60 bits per heavy atom. The molecule has 0 saturated heterocycles. The Morgan fingerprint density at radius 1 is 1.40 bits per heavy atom. The zero-order valence-corrected chi connectivity index (χ0v) is 9.72. The monoisotopic (exact) mass is 234 g/mol. The molecule has 0 aliphatic carbocycles. The van der Waals surface area contributed by atoms with Crippen molar-refractivity contribution in [1.29, 1.82) is 0 Å². The number of esters is 1. The summed E-state index contributed by atoms with van der Waals surface area (Å²) in [5, 5.41) is 0. The van der Waals surface area contributed by atoms with E-state index in [9.17, 15) is 9.59 Å². The van der Waals surface area contributed by atoms with Crippen molar-refractivity contribution in [3.63, 3.8) is 0 Å². The second kappa shape index (κ2) is 8.55. The van der Waals surface area contributed by atoms with E-state index in [2.05, 4.69) is 0 Å². The lowest BCUT2D eigenvalue weighted by Gasteiger charge is -2.09. The Hall–Kier alpha value is -0.750. The molecule has 0 heterocycles. The molecule has 0 aromatic rings. The molecule has 4 N–H and O–H groups in total. The Morgan fingerprint density at radius 2 is 2.07 bits per heavy atom. The maximum Gasteiger partial charge on any atom is 0.322 e. The third-order valence-electron chi connectivity index (χ3n) is 1.66. The smallest absolute Gasteiger partial charge is 0.322 e. The van der Waals surface area contributed by atoms with Crippen molar-refractivity contribution in [1.82, 2.24) is 0 Å². The predicted octanol–water partition coefficient (Wildman–Crippen LogP) is -0.124. The highest BCUT2D eigenvalue weighted by Crippen LogP contribution is 2.06. The van der Waals surface area contributed by atoms with Crippen molar-refractivity contribution in [2.24, 2.45) is 11.5 Å². The first-order chi connectivity index (χ1) is 7.07. The fraction of sp³-hybridized carbons (Fsp3) is 0.778. The minimum atomic E-state index is -0.564. The number of amides is 1. The van der Waals surface area contributed by atoms with Gasteiger partial charge in [0.2, 0.25) is 5.91 Å². The van der Waals surface area contributed by atoms with Crippen molar-refractivity contribution >= 4 is 23.6 Å². The SMILES string of the molecule is CCOC(=O)C(N)CCSCCC(N)=O. The highest BCUT2D eigenvalue weighted by molar-refractivity contribution is 7.99. The van der Waals surface area contributed by atoms with Crippen LogP contribution < -0.4 is 11.5 Å². The third-order valence-corrected chi connectivity index (χ3v) is 2.67. The summed E-state index contributed by atoms with van der Waals surface area (Å²) in [5.41, 5.74) is 10.5. The molecule has 6 heteroatoms. The number of rotatable bonds is 8. The van der Waals surface area contributed by atoms with Gasteiger partial charge in [0.05, 0.1) is 6.61 Å². The van der Waals surface area contributed by atoms with Crippen LogP contribution in [0, 0.1) is 0 Å². The summed E-state index contributed by atoms with van der Waals surface area (Å²) in [7, 11) is 0. The van der Waals surface area contributed by atoms with Gasteiger partial charge in [0, 0.05) is 12.2 Å². The van der Waals surface area contributed by atoms with Crippen molar-refractivity contribution in [3.8, 4) is 0 Å². The second-order valence-electron chi connectivity index (χ2n) is 2.98. The lowest BCUT2D eigenvalue weighted by atomic mass is 10.2. The minimum Gasteiger partial charge on any atom is -0.465 e.